The molecule has 5 unspecified atom stereocenters. The first-order valence-electron chi connectivity index (χ1n) is 12.1. The fraction of sp³-hybridized carbons (Fsp3) is 0.923. The van der Waals surface area contributed by atoms with E-state index in [9.17, 15) is 0 Å². The molecule has 4 aliphatic rings. The van der Waals surface area contributed by atoms with Crippen molar-refractivity contribution in [3.63, 3.8) is 0 Å². The van der Waals surface area contributed by atoms with Crippen molar-refractivity contribution in [2.24, 2.45) is 46.3 Å². The Morgan fingerprint density at radius 1 is 0.808 bits per heavy atom. The van der Waals surface area contributed by atoms with E-state index in [1.54, 1.807) is 6.42 Å². The van der Waals surface area contributed by atoms with Crippen LogP contribution in [0.15, 0.2) is 12.7 Å². The van der Waals surface area contributed by atoms with E-state index in [0.717, 1.165) is 35.5 Å². The maximum Gasteiger partial charge on any atom is -0.0179 e. The fourth-order valence-corrected chi connectivity index (χ4v) is 8.41. The first kappa shape index (κ1) is 20.5. The minimum Gasteiger partial charge on any atom is -0.103 e. The van der Waals surface area contributed by atoms with E-state index in [-0.39, 0.29) is 0 Å². The number of fused-ring (bicyclic) bond motifs is 5. The van der Waals surface area contributed by atoms with E-state index in [1.807, 2.05) is 13.8 Å². The van der Waals surface area contributed by atoms with Gasteiger partial charge in [-0.05, 0) is 97.7 Å². The van der Waals surface area contributed by atoms with Gasteiger partial charge in [0.05, 0.1) is 0 Å². The molecule has 150 valence electrons. The highest BCUT2D eigenvalue weighted by molar-refractivity contribution is 5.09. The van der Waals surface area contributed by atoms with Crippen LogP contribution in [-0.2, 0) is 0 Å². The lowest BCUT2D eigenvalue weighted by atomic mass is 9.51. The summed E-state index contributed by atoms with van der Waals surface area (Å²) in [6, 6.07) is 0. The van der Waals surface area contributed by atoms with E-state index < -0.39 is 0 Å². The summed E-state index contributed by atoms with van der Waals surface area (Å²) < 4.78 is 0. The smallest absolute Gasteiger partial charge is 0.0179 e. The Morgan fingerprint density at radius 3 is 2.19 bits per heavy atom. The normalized spacial score (nSPS) is 50.8. The summed E-state index contributed by atoms with van der Waals surface area (Å²) in [6.07, 6.45) is 18.8. The van der Waals surface area contributed by atoms with E-state index in [2.05, 4.69) is 33.4 Å². The van der Waals surface area contributed by atoms with Crippen molar-refractivity contribution in [2.45, 2.75) is 105 Å². The Balaban J connectivity index is 0.000000948. The number of hydrogen-bond acceptors (Lipinski definition) is 0. The van der Waals surface area contributed by atoms with E-state index >= 15 is 0 Å². The Bertz CT molecular complexity index is 478. The second-order valence-corrected chi connectivity index (χ2v) is 10.7. The maximum atomic E-state index is 4.21. The molecule has 0 N–H and O–H groups in total. The summed E-state index contributed by atoms with van der Waals surface area (Å²) in [6.45, 7) is 16.1. The number of hydrogen-bond donors (Lipinski definition) is 0. The average Bonchev–Trinajstić information content (AvgIpc) is 2.76. The topological polar surface area (TPSA) is 0 Å². The van der Waals surface area contributed by atoms with Gasteiger partial charge in [-0.15, -0.1) is 6.58 Å². The van der Waals surface area contributed by atoms with Crippen molar-refractivity contribution in [1.82, 2.24) is 0 Å². The lowest BCUT2D eigenvalue weighted by Gasteiger charge is -2.54. The monoisotopic (exact) mass is 358 g/mol. The number of allylic oxidation sites excluding steroid dienone is 1. The summed E-state index contributed by atoms with van der Waals surface area (Å²) in [5.74, 6) is 5.83. The van der Waals surface area contributed by atoms with Crippen LogP contribution in [-0.4, -0.2) is 0 Å². The maximum absolute atomic E-state index is 4.21. The molecule has 8 atom stereocenters. The number of rotatable bonds is 1. The predicted octanol–water partition coefficient (Wildman–Crippen LogP) is 8.27. The van der Waals surface area contributed by atoms with Gasteiger partial charge in [0.15, 0.2) is 0 Å². The third-order valence-corrected chi connectivity index (χ3v) is 9.76. The third-order valence-electron chi connectivity index (χ3n) is 9.76. The molecule has 4 aliphatic carbocycles. The van der Waals surface area contributed by atoms with Crippen LogP contribution in [0.5, 0.6) is 0 Å². The second-order valence-electron chi connectivity index (χ2n) is 10.7. The van der Waals surface area contributed by atoms with Crippen molar-refractivity contribution >= 4 is 0 Å². The molecule has 0 aromatic rings. The third kappa shape index (κ3) is 3.22. The molecule has 0 nitrogen and oxygen atoms in total. The van der Waals surface area contributed by atoms with Gasteiger partial charge in [0.1, 0.15) is 0 Å². The van der Waals surface area contributed by atoms with Crippen molar-refractivity contribution in [2.75, 3.05) is 0 Å². The predicted molar refractivity (Wildman–Crippen MR) is 115 cm³/mol. The minimum atomic E-state index is 0.572. The molecule has 4 saturated carbocycles. The lowest BCUT2D eigenvalue weighted by molar-refractivity contribution is -0.0467. The highest BCUT2D eigenvalue weighted by atomic mass is 14.6. The molecule has 4 rings (SSSR count). The average molecular weight is 359 g/mol. The molecular weight excluding hydrogens is 312 g/mol. The zero-order valence-electron chi connectivity index (χ0n) is 18.5. The van der Waals surface area contributed by atoms with Crippen LogP contribution < -0.4 is 0 Å². The van der Waals surface area contributed by atoms with Crippen molar-refractivity contribution in [1.29, 1.82) is 0 Å². The standard InChI is InChI=1S/C24H40.C2H6/c1-5-18-11-13-22-20-12-10-19-16-17(2)8-6-14-24(19,4)21(20)9-7-15-23(18,22)3;1-2/h5,17-22H,1,6-16H2,2-4H3;1-2H3/t17-,18-,19?,20?,21?,22?,23+,24?;/m0./s1. The van der Waals surface area contributed by atoms with E-state index in [1.165, 1.54) is 64.2 Å². The molecule has 0 spiro atoms. The zero-order valence-corrected chi connectivity index (χ0v) is 18.5. The van der Waals surface area contributed by atoms with Crippen LogP contribution in [0.3, 0.4) is 0 Å². The van der Waals surface area contributed by atoms with Crippen LogP contribution in [0.1, 0.15) is 105 Å². The van der Waals surface area contributed by atoms with Gasteiger partial charge < -0.3 is 0 Å². The summed E-state index contributed by atoms with van der Waals surface area (Å²) in [5.41, 5.74) is 1.23. The van der Waals surface area contributed by atoms with Gasteiger partial charge in [-0.25, -0.2) is 0 Å². The second kappa shape index (κ2) is 8.00. The molecule has 0 radical (unpaired) electrons. The summed E-state index contributed by atoms with van der Waals surface area (Å²) in [7, 11) is 0. The minimum absolute atomic E-state index is 0.572. The van der Waals surface area contributed by atoms with Crippen LogP contribution in [0.2, 0.25) is 0 Å². The van der Waals surface area contributed by atoms with Gasteiger partial charge in [-0.2, -0.15) is 0 Å². The first-order valence-corrected chi connectivity index (χ1v) is 12.1. The van der Waals surface area contributed by atoms with Crippen molar-refractivity contribution in [3.8, 4) is 0 Å². The van der Waals surface area contributed by atoms with Gasteiger partial charge in [-0.3, -0.25) is 0 Å². The van der Waals surface area contributed by atoms with Gasteiger partial charge in [0.2, 0.25) is 0 Å². The lowest BCUT2D eigenvalue weighted by Crippen LogP contribution is -2.46. The quantitative estimate of drug-likeness (QED) is 0.414. The molecule has 0 aliphatic heterocycles. The molecule has 4 fully saturated rings. The van der Waals surface area contributed by atoms with Crippen LogP contribution in [0, 0.1) is 46.3 Å². The Kier molecular flexibility index (Phi) is 6.30. The highest BCUT2D eigenvalue weighted by Gasteiger charge is 2.57. The molecule has 0 heterocycles. The largest absolute Gasteiger partial charge is 0.103 e. The molecule has 0 aromatic carbocycles. The van der Waals surface area contributed by atoms with Crippen LogP contribution in [0.25, 0.3) is 0 Å². The Labute approximate surface area is 164 Å². The summed E-state index contributed by atoms with van der Waals surface area (Å²) in [5, 5.41) is 0. The Morgan fingerprint density at radius 2 is 1.46 bits per heavy atom. The zero-order chi connectivity index (χ0) is 18.9. The highest BCUT2D eigenvalue weighted by Crippen LogP contribution is 2.65. The Hall–Kier alpha value is -0.260. The van der Waals surface area contributed by atoms with Crippen molar-refractivity contribution < 1.29 is 0 Å². The molecule has 0 amide bonds. The first-order chi connectivity index (χ1) is 12.5. The molecule has 0 bridgehead atoms. The SMILES string of the molecule is C=C[C@H]1CCC2C3CCC4C[C@@H](C)CCCC4(C)C3CCC[C@@]21C.CC. The fourth-order valence-electron chi connectivity index (χ4n) is 8.41. The molecule has 0 heteroatoms. The van der Waals surface area contributed by atoms with Crippen LogP contribution in [0.4, 0.5) is 0 Å². The van der Waals surface area contributed by atoms with Gasteiger partial charge in [0, 0.05) is 0 Å². The molecule has 26 heavy (non-hydrogen) atoms. The van der Waals surface area contributed by atoms with E-state index in [4.69, 9.17) is 0 Å². The van der Waals surface area contributed by atoms with Crippen molar-refractivity contribution in [3.05, 3.63) is 12.7 Å². The molecule has 0 aromatic heterocycles. The van der Waals surface area contributed by atoms with Gasteiger partial charge in [-0.1, -0.05) is 60.0 Å². The molecular formula is C26H46. The van der Waals surface area contributed by atoms with E-state index in [0.29, 0.717) is 10.8 Å². The summed E-state index contributed by atoms with van der Waals surface area (Å²) >= 11 is 0. The van der Waals surface area contributed by atoms with Gasteiger partial charge in [0.25, 0.3) is 0 Å². The molecule has 0 saturated heterocycles. The van der Waals surface area contributed by atoms with Gasteiger partial charge >= 0.3 is 0 Å². The summed E-state index contributed by atoms with van der Waals surface area (Å²) in [4.78, 5) is 0. The van der Waals surface area contributed by atoms with Crippen LogP contribution >= 0.6 is 0 Å².